The number of aliphatic hydroxyl groups excluding tert-OH is 1. The summed E-state index contributed by atoms with van der Waals surface area (Å²) < 4.78 is 13.0. The third kappa shape index (κ3) is 2.71. The number of hydrogen-bond donors (Lipinski definition) is 1. The predicted octanol–water partition coefficient (Wildman–Crippen LogP) is 3.53. The first-order chi connectivity index (χ1) is 6.66. The molecule has 0 unspecified atom stereocenters. The smallest absolute Gasteiger partial charge is 0.142 e. The SMILES string of the molecule is OCCC=Cc1c(Cl)ccc(F)c1Cl. The van der Waals surface area contributed by atoms with Crippen LogP contribution in [0, 0.1) is 5.82 Å². The molecule has 0 aliphatic rings. The second-order valence-electron chi connectivity index (χ2n) is 2.67. The number of benzene rings is 1. The van der Waals surface area contributed by atoms with Crippen molar-refractivity contribution in [3.63, 3.8) is 0 Å². The first kappa shape index (κ1) is 11.5. The zero-order valence-corrected chi connectivity index (χ0v) is 8.82. The van der Waals surface area contributed by atoms with E-state index in [1.807, 2.05) is 0 Å². The Kier molecular flexibility index (Phi) is 4.39. The molecule has 0 saturated carbocycles. The van der Waals surface area contributed by atoms with Gasteiger partial charge in [0.1, 0.15) is 5.82 Å². The summed E-state index contributed by atoms with van der Waals surface area (Å²) in [7, 11) is 0. The number of rotatable bonds is 3. The van der Waals surface area contributed by atoms with Gasteiger partial charge < -0.3 is 5.11 Å². The average molecular weight is 235 g/mol. The van der Waals surface area contributed by atoms with Crippen molar-refractivity contribution >= 4 is 29.3 Å². The Morgan fingerprint density at radius 2 is 2.07 bits per heavy atom. The van der Waals surface area contributed by atoms with Crippen molar-refractivity contribution in [1.29, 1.82) is 0 Å². The molecule has 0 amide bonds. The molecule has 0 fully saturated rings. The Hall–Kier alpha value is -0.570. The third-order valence-corrected chi connectivity index (χ3v) is 2.37. The molecule has 0 radical (unpaired) electrons. The topological polar surface area (TPSA) is 20.2 Å². The Bertz CT molecular complexity index is 350. The number of hydrogen-bond acceptors (Lipinski definition) is 1. The van der Waals surface area contributed by atoms with Gasteiger partial charge in [-0.25, -0.2) is 4.39 Å². The monoisotopic (exact) mass is 234 g/mol. The Balaban J connectivity index is 3.00. The first-order valence-corrected chi connectivity index (χ1v) is 4.83. The van der Waals surface area contributed by atoms with Gasteiger partial charge in [-0.15, -0.1) is 0 Å². The van der Waals surface area contributed by atoms with E-state index >= 15 is 0 Å². The number of aliphatic hydroxyl groups is 1. The Morgan fingerprint density at radius 3 is 2.71 bits per heavy atom. The molecular weight excluding hydrogens is 226 g/mol. The summed E-state index contributed by atoms with van der Waals surface area (Å²) in [6.45, 7) is 0.0427. The molecule has 1 rings (SSSR count). The van der Waals surface area contributed by atoms with Crippen LogP contribution < -0.4 is 0 Å². The van der Waals surface area contributed by atoms with Crippen LogP contribution in [0.25, 0.3) is 6.08 Å². The quantitative estimate of drug-likeness (QED) is 0.794. The van der Waals surface area contributed by atoms with Crippen LogP contribution in [0.1, 0.15) is 12.0 Å². The van der Waals surface area contributed by atoms with Gasteiger partial charge in [0.2, 0.25) is 0 Å². The highest BCUT2D eigenvalue weighted by Crippen LogP contribution is 2.28. The van der Waals surface area contributed by atoms with Gasteiger partial charge in [-0.05, 0) is 18.6 Å². The van der Waals surface area contributed by atoms with E-state index in [1.54, 1.807) is 12.2 Å². The van der Waals surface area contributed by atoms with Crippen molar-refractivity contribution in [2.75, 3.05) is 6.61 Å². The molecule has 0 aliphatic heterocycles. The fourth-order valence-electron chi connectivity index (χ4n) is 0.971. The van der Waals surface area contributed by atoms with Crippen molar-refractivity contribution in [3.05, 3.63) is 39.6 Å². The van der Waals surface area contributed by atoms with E-state index in [0.29, 0.717) is 17.0 Å². The molecule has 1 nitrogen and oxygen atoms in total. The van der Waals surface area contributed by atoms with Crippen LogP contribution in [0.5, 0.6) is 0 Å². The molecule has 14 heavy (non-hydrogen) atoms. The van der Waals surface area contributed by atoms with Gasteiger partial charge in [-0.2, -0.15) is 0 Å². The largest absolute Gasteiger partial charge is 0.396 e. The molecule has 0 atom stereocenters. The third-order valence-electron chi connectivity index (χ3n) is 1.66. The van der Waals surface area contributed by atoms with Crippen molar-refractivity contribution in [3.8, 4) is 0 Å². The second-order valence-corrected chi connectivity index (χ2v) is 3.46. The zero-order valence-electron chi connectivity index (χ0n) is 7.30. The fraction of sp³-hybridized carbons (Fsp3) is 0.200. The van der Waals surface area contributed by atoms with E-state index in [4.69, 9.17) is 28.3 Å². The van der Waals surface area contributed by atoms with E-state index < -0.39 is 5.82 Å². The van der Waals surface area contributed by atoms with Crippen molar-refractivity contribution < 1.29 is 9.50 Å². The minimum Gasteiger partial charge on any atom is -0.396 e. The maximum absolute atomic E-state index is 13.0. The summed E-state index contributed by atoms with van der Waals surface area (Å²) in [5.74, 6) is -0.500. The molecule has 0 aliphatic carbocycles. The van der Waals surface area contributed by atoms with E-state index in [0.717, 1.165) is 0 Å². The van der Waals surface area contributed by atoms with Crippen LogP contribution in [-0.2, 0) is 0 Å². The molecule has 1 N–H and O–H groups in total. The molecule has 0 spiro atoms. The highest BCUT2D eigenvalue weighted by atomic mass is 35.5. The zero-order chi connectivity index (χ0) is 10.6. The van der Waals surface area contributed by atoms with Gasteiger partial charge in [-0.1, -0.05) is 35.4 Å². The van der Waals surface area contributed by atoms with Crippen LogP contribution in [0.3, 0.4) is 0 Å². The summed E-state index contributed by atoms with van der Waals surface area (Å²) in [6.07, 6.45) is 3.78. The summed E-state index contributed by atoms with van der Waals surface area (Å²) in [4.78, 5) is 0. The van der Waals surface area contributed by atoms with Gasteiger partial charge in [0.05, 0.1) is 5.02 Å². The molecule has 0 bridgehead atoms. The lowest BCUT2D eigenvalue weighted by Gasteiger charge is -2.02. The normalized spacial score (nSPS) is 11.1. The van der Waals surface area contributed by atoms with Gasteiger partial charge in [0.25, 0.3) is 0 Å². The van der Waals surface area contributed by atoms with Crippen LogP contribution in [0.4, 0.5) is 4.39 Å². The Morgan fingerprint density at radius 1 is 1.36 bits per heavy atom. The van der Waals surface area contributed by atoms with Crippen LogP contribution >= 0.6 is 23.2 Å². The maximum Gasteiger partial charge on any atom is 0.142 e. The first-order valence-electron chi connectivity index (χ1n) is 4.07. The van der Waals surface area contributed by atoms with Crippen LogP contribution in [0.15, 0.2) is 18.2 Å². The van der Waals surface area contributed by atoms with Crippen LogP contribution in [0.2, 0.25) is 10.0 Å². The highest BCUT2D eigenvalue weighted by Gasteiger charge is 2.07. The minimum absolute atomic E-state index is 0.00619. The lowest BCUT2D eigenvalue weighted by atomic mass is 10.2. The Labute approximate surface area is 91.8 Å². The lowest BCUT2D eigenvalue weighted by Crippen LogP contribution is -1.84. The minimum atomic E-state index is -0.500. The maximum atomic E-state index is 13.0. The highest BCUT2D eigenvalue weighted by molar-refractivity contribution is 6.37. The van der Waals surface area contributed by atoms with Crippen molar-refractivity contribution in [2.45, 2.75) is 6.42 Å². The van der Waals surface area contributed by atoms with Gasteiger partial charge in [0.15, 0.2) is 0 Å². The van der Waals surface area contributed by atoms with Gasteiger partial charge in [0, 0.05) is 17.2 Å². The second kappa shape index (κ2) is 5.35. The van der Waals surface area contributed by atoms with Gasteiger partial charge in [-0.3, -0.25) is 0 Å². The molecule has 0 aromatic heterocycles. The van der Waals surface area contributed by atoms with Crippen molar-refractivity contribution in [2.24, 2.45) is 0 Å². The molecule has 1 aromatic carbocycles. The average Bonchev–Trinajstić information content (AvgIpc) is 2.18. The van der Waals surface area contributed by atoms with E-state index in [2.05, 4.69) is 0 Å². The molecule has 76 valence electrons. The standard InChI is InChI=1S/C10H9Cl2FO/c11-8-4-5-9(13)10(12)7(8)3-1-2-6-14/h1,3-5,14H,2,6H2. The lowest BCUT2D eigenvalue weighted by molar-refractivity contribution is 0.303. The molecule has 0 saturated heterocycles. The van der Waals surface area contributed by atoms with E-state index in [1.165, 1.54) is 12.1 Å². The van der Waals surface area contributed by atoms with Crippen LogP contribution in [-0.4, -0.2) is 11.7 Å². The summed E-state index contributed by atoms with van der Waals surface area (Å²) >= 11 is 11.5. The molecular formula is C10H9Cl2FO. The molecule has 1 aromatic rings. The molecule has 4 heteroatoms. The van der Waals surface area contributed by atoms with Crippen molar-refractivity contribution in [1.82, 2.24) is 0 Å². The molecule has 0 heterocycles. The van der Waals surface area contributed by atoms with E-state index in [-0.39, 0.29) is 11.6 Å². The summed E-state index contributed by atoms with van der Waals surface area (Å²) in [6, 6.07) is 2.66. The van der Waals surface area contributed by atoms with Gasteiger partial charge >= 0.3 is 0 Å². The van der Waals surface area contributed by atoms with E-state index in [9.17, 15) is 4.39 Å². The summed E-state index contributed by atoms with van der Waals surface area (Å²) in [5.41, 5.74) is 0.446. The number of halogens is 3. The predicted molar refractivity (Wildman–Crippen MR) is 57.2 cm³/mol. The fourth-order valence-corrected chi connectivity index (χ4v) is 1.47. The summed E-state index contributed by atoms with van der Waals surface area (Å²) in [5, 5.41) is 8.95.